The molecule has 1 aromatic rings. The highest BCUT2D eigenvalue weighted by atomic mass is 16.7. The van der Waals surface area contributed by atoms with Gasteiger partial charge in [0, 0.05) is 11.8 Å². The van der Waals surface area contributed by atoms with Gasteiger partial charge in [-0.2, -0.15) is 0 Å². The molecule has 1 rings (SSSR count). The molecule has 0 aromatic heterocycles. The predicted molar refractivity (Wildman–Crippen MR) is 81.6 cm³/mol. The van der Waals surface area contributed by atoms with E-state index in [2.05, 4.69) is 0 Å². The molecule has 0 aliphatic carbocycles. The highest BCUT2D eigenvalue weighted by molar-refractivity contribution is 5.58. The number of carbonyl (C=O) groups is 1. The first-order valence-corrected chi connectivity index (χ1v) is 6.93. The smallest absolute Gasteiger partial charge is 0.493 e. The summed E-state index contributed by atoms with van der Waals surface area (Å²) < 4.78 is 15.5. The summed E-state index contributed by atoms with van der Waals surface area (Å²) in [5, 5.41) is 18.8. The van der Waals surface area contributed by atoms with E-state index in [0.29, 0.717) is 11.5 Å². The van der Waals surface area contributed by atoms with Crippen LogP contribution in [0.2, 0.25) is 0 Å². The van der Waals surface area contributed by atoms with Crippen LogP contribution < -0.4 is 9.47 Å². The first-order chi connectivity index (χ1) is 10.2. The molecule has 1 atom stereocenters. The quantitative estimate of drug-likeness (QED) is 0.786. The Morgan fingerprint density at radius 2 is 1.73 bits per heavy atom. The molecule has 0 radical (unpaired) electrons. The van der Waals surface area contributed by atoms with E-state index in [1.54, 1.807) is 18.2 Å². The fraction of sp³-hybridized carbons (Fsp3) is 0.562. The number of aliphatic hydroxyl groups is 1. The fourth-order valence-corrected chi connectivity index (χ4v) is 2.27. The van der Waals surface area contributed by atoms with Crippen LogP contribution in [0.5, 0.6) is 11.5 Å². The van der Waals surface area contributed by atoms with Gasteiger partial charge in [0.1, 0.15) is 5.60 Å². The van der Waals surface area contributed by atoms with Gasteiger partial charge in [0.25, 0.3) is 0 Å². The van der Waals surface area contributed by atoms with E-state index >= 15 is 0 Å². The Bertz CT molecular complexity index is 520. The zero-order chi connectivity index (χ0) is 17.0. The van der Waals surface area contributed by atoms with Crippen molar-refractivity contribution in [2.24, 2.45) is 5.41 Å². The van der Waals surface area contributed by atoms with Crippen molar-refractivity contribution in [1.82, 2.24) is 0 Å². The molecule has 0 saturated carbocycles. The lowest BCUT2D eigenvalue weighted by Crippen LogP contribution is -2.51. The molecule has 0 unspecified atom stereocenters. The molecular formula is C16H24O6. The Morgan fingerprint density at radius 1 is 1.14 bits per heavy atom. The molecule has 0 fully saturated rings. The van der Waals surface area contributed by atoms with Gasteiger partial charge in [-0.1, -0.05) is 26.8 Å². The molecule has 0 aliphatic rings. The van der Waals surface area contributed by atoms with Crippen LogP contribution in [0.3, 0.4) is 0 Å². The van der Waals surface area contributed by atoms with Gasteiger partial charge in [-0.3, -0.25) is 0 Å². The van der Waals surface area contributed by atoms with Crippen LogP contribution in [0.15, 0.2) is 18.2 Å². The lowest BCUT2D eigenvalue weighted by atomic mass is 9.73. The Kier molecular flexibility index (Phi) is 5.65. The summed E-state index contributed by atoms with van der Waals surface area (Å²) in [5.41, 5.74) is -1.06. The third kappa shape index (κ3) is 3.82. The number of aliphatic hydroxyl groups excluding tert-OH is 1. The number of rotatable bonds is 6. The maximum absolute atomic E-state index is 11.1. The van der Waals surface area contributed by atoms with Crippen LogP contribution in [0.25, 0.3) is 0 Å². The third-order valence-corrected chi connectivity index (χ3v) is 3.84. The van der Waals surface area contributed by atoms with Crippen molar-refractivity contribution in [3.05, 3.63) is 23.8 Å². The molecule has 6 nitrogen and oxygen atoms in total. The zero-order valence-electron chi connectivity index (χ0n) is 13.7. The third-order valence-electron chi connectivity index (χ3n) is 3.84. The maximum atomic E-state index is 11.1. The van der Waals surface area contributed by atoms with Crippen molar-refractivity contribution in [3.8, 4) is 11.5 Å². The number of benzene rings is 1. The monoisotopic (exact) mass is 312 g/mol. The summed E-state index contributed by atoms with van der Waals surface area (Å²) in [6.07, 6.45) is -1.19. The van der Waals surface area contributed by atoms with Crippen molar-refractivity contribution in [3.63, 3.8) is 0 Å². The standard InChI is InChI=1S/C16H24O6/c1-15(2,3)16(10-17,22-14(18)19)9-11-6-7-12(20-4)13(8-11)21-5/h6-8,17H,9-10H2,1-5H3,(H,18,19)/t16-/m1/s1. The SMILES string of the molecule is COc1ccc(C[C@](CO)(OC(=O)O)C(C)(C)C)cc1OC. The van der Waals surface area contributed by atoms with Crippen LogP contribution in [0.1, 0.15) is 26.3 Å². The van der Waals surface area contributed by atoms with Crippen LogP contribution in [-0.2, 0) is 11.2 Å². The molecule has 6 heteroatoms. The van der Waals surface area contributed by atoms with Crippen LogP contribution in [-0.4, -0.2) is 42.8 Å². The molecule has 1 aromatic carbocycles. The lowest BCUT2D eigenvalue weighted by molar-refractivity contribution is -0.114. The summed E-state index contributed by atoms with van der Waals surface area (Å²) in [6, 6.07) is 5.28. The highest BCUT2D eigenvalue weighted by Crippen LogP contribution is 2.38. The van der Waals surface area contributed by atoms with Crippen molar-refractivity contribution in [2.45, 2.75) is 32.8 Å². The Morgan fingerprint density at radius 3 is 2.14 bits per heavy atom. The lowest BCUT2D eigenvalue weighted by Gasteiger charge is -2.42. The molecule has 0 bridgehead atoms. The van der Waals surface area contributed by atoms with Gasteiger partial charge < -0.3 is 24.4 Å². The summed E-state index contributed by atoms with van der Waals surface area (Å²) >= 11 is 0. The minimum Gasteiger partial charge on any atom is -0.493 e. The van der Waals surface area contributed by atoms with E-state index < -0.39 is 23.8 Å². The van der Waals surface area contributed by atoms with Crippen LogP contribution >= 0.6 is 0 Å². The largest absolute Gasteiger partial charge is 0.506 e. The summed E-state index contributed by atoms with van der Waals surface area (Å²) in [6.45, 7) is 5.06. The number of ether oxygens (including phenoxy) is 3. The highest BCUT2D eigenvalue weighted by Gasteiger charge is 2.45. The maximum Gasteiger partial charge on any atom is 0.506 e. The summed E-state index contributed by atoms with van der Waals surface area (Å²) in [4.78, 5) is 11.1. The normalized spacial score (nSPS) is 14.1. The first kappa shape index (κ1) is 18.1. The zero-order valence-corrected chi connectivity index (χ0v) is 13.7. The van der Waals surface area contributed by atoms with E-state index in [1.165, 1.54) is 14.2 Å². The number of hydrogen-bond donors (Lipinski definition) is 2. The van der Waals surface area contributed by atoms with Gasteiger partial charge in [0.05, 0.1) is 20.8 Å². The Balaban J connectivity index is 3.22. The van der Waals surface area contributed by atoms with Crippen molar-refractivity contribution in [1.29, 1.82) is 0 Å². The van der Waals surface area contributed by atoms with E-state index in [4.69, 9.17) is 19.3 Å². The van der Waals surface area contributed by atoms with Crippen molar-refractivity contribution < 1.29 is 29.2 Å². The predicted octanol–water partition coefficient (Wildman–Crippen LogP) is 2.72. The number of hydrogen-bond acceptors (Lipinski definition) is 5. The van der Waals surface area contributed by atoms with Crippen LogP contribution in [0.4, 0.5) is 4.79 Å². The van der Waals surface area contributed by atoms with Gasteiger partial charge in [-0.15, -0.1) is 0 Å². The molecule has 0 amide bonds. The second kappa shape index (κ2) is 6.87. The second-order valence-electron chi connectivity index (χ2n) is 6.14. The van der Waals surface area contributed by atoms with Crippen molar-refractivity contribution >= 4 is 6.16 Å². The average molecular weight is 312 g/mol. The number of methoxy groups -OCH3 is 2. The van der Waals surface area contributed by atoms with E-state index in [9.17, 15) is 9.90 Å². The number of carboxylic acid groups (broad SMARTS) is 1. The van der Waals surface area contributed by atoms with E-state index in [0.717, 1.165) is 5.56 Å². The van der Waals surface area contributed by atoms with E-state index in [1.807, 2.05) is 20.8 Å². The first-order valence-electron chi connectivity index (χ1n) is 6.93. The van der Waals surface area contributed by atoms with Gasteiger partial charge in [0.15, 0.2) is 11.5 Å². The summed E-state index contributed by atoms with van der Waals surface area (Å²) in [5.74, 6) is 1.12. The average Bonchev–Trinajstić information content (AvgIpc) is 2.44. The molecule has 2 N–H and O–H groups in total. The van der Waals surface area contributed by atoms with Crippen LogP contribution in [0, 0.1) is 5.41 Å². The van der Waals surface area contributed by atoms with Gasteiger partial charge in [0.2, 0.25) is 0 Å². The Hall–Kier alpha value is -1.95. The van der Waals surface area contributed by atoms with Crippen molar-refractivity contribution in [2.75, 3.05) is 20.8 Å². The topological polar surface area (TPSA) is 85.2 Å². The molecule has 22 heavy (non-hydrogen) atoms. The Labute approximate surface area is 130 Å². The minimum absolute atomic E-state index is 0.222. The second-order valence-corrected chi connectivity index (χ2v) is 6.14. The van der Waals surface area contributed by atoms with Gasteiger partial charge >= 0.3 is 6.16 Å². The van der Waals surface area contributed by atoms with Gasteiger partial charge in [-0.25, -0.2) is 4.79 Å². The minimum atomic E-state index is -1.41. The molecular weight excluding hydrogens is 288 g/mol. The van der Waals surface area contributed by atoms with Gasteiger partial charge in [-0.05, 0) is 17.7 Å². The molecule has 0 aliphatic heterocycles. The van der Waals surface area contributed by atoms with E-state index in [-0.39, 0.29) is 6.42 Å². The fourth-order valence-electron chi connectivity index (χ4n) is 2.27. The molecule has 0 saturated heterocycles. The molecule has 124 valence electrons. The molecule has 0 heterocycles. The molecule has 0 spiro atoms. The summed E-state index contributed by atoms with van der Waals surface area (Å²) in [7, 11) is 3.07.